The van der Waals surface area contributed by atoms with E-state index in [0.29, 0.717) is 109 Å². The predicted molar refractivity (Wildman–Crippen MR) is 270 cm³/mol. The Morgan fingerprint density at radius 1 is 0.743 bits per heavy atom. The zero-order chi connectivity index (χ0) is 50.0. The molecule has 70 heavy (non-hydrogen) atoms. The van der Waals surface area contributed by atoms with Gasteiger partial charge in [-0.1, -0.05) is 56.6 Å². The number of rotatable bonds is 25. The van der Waals surface area contributed by atoms with E-state index in [2.05, 4.69) is 35.0 Å². The summed E-state index contributed by atoms with van der Waals surface area (Å²) < 4.78 is 28.0. The number of nitrogens with zero attached hydrogens (tertiary/aromatic N) is 3. The van der Waals surface area contributed by atoms with Crippen molar-refractivity contribution < 1.29 is 42.9 Å². The number of nitrogens with one attached hydrogen (secondary N) is 3. The highest BCUT2D eigenvalue weighted by Crippen LogP contribution is 2.43. The molecule has 3 aliphatic rings. The summed E-state index contributed by atoms with van der Waals surface area (Å²) in [5.74, 6) is -0.0541. The van der Waals surface area contributed by atoms with Gasteiger partial charge in [0.1, 0.15) is 11.6 Å². The van der Waals surface area contributed by atoms with Crippen LogP contribution in [0.2, 0.25) is 5.02 Å². The number of halogens is 1. The van der Waals surface area contributed by atoms with Crippen LogP contribution in [0.1, 0.15) is 82.3 Å². The Hall–Kier alpha value is -5.34. The largest absolute Gasteiger partial charge is 0.378 e. The number of ether oxygens (including phenoxy) is 5. The second-order valence-corrected chi connectivity index (χ2v) is 19.8. The number of amides is 4. The molecule has 15 nitrogen and oxygen atoms in total. The quantitative estimate of drug-likeness (QED) is 0.0432. The third-order valence-corrected chi connectivity index (χ3v) is 12.9. The third-order valence-electron chi connectivity index (χ3n) is 12.6. The molecule has 4 atom stereocenters. The molecular formula is C54H71ClN6O9. The number of likely N-dealkylation sites (tertiary alicyclic amines) is 1. The molecule has 0 aromatic heterocycles. The molecule has 3 aromatic carbocycles. The number of hydrogen-bond donors (Lipinski definition) is 3. The summed E-state index contributed by atoms with van der Waals surface area (Å²) in [6.45, 7) is 15.1. The monoisotopic (exact) mass is 982 g/mol. The highest BCUT2D eigenvalue weighted by atomic mass is 35.5. The van der Waals surface area contributed by atoms with E-state index in [0.717, 1.165) is 53.7 Å². The van der Waals surface area contributed by atoms with Gasteiger partial charge >= 0.3 is 0 Å². The molecule has 3 aromatic rings. The molecule has 0 bridgehead atoms. The fraction of sp³-hybridized carbons (Fsp3) is 0.537. The molecule has 3 N–H and O–H groups in total. The molecule has 2 unspecified atom stereocenters. The normalized spacial score (nSPS) is 19.2. The van der Waals surface area contributed by atoms with Gasteiger partial charge in [0.2, 0.25) is 11.8 Å². The molecule has 378 valence electrons. The Balaban J connectivity index is 0.765. The zero-order valence-electron chi connectivity index (χ0n) is 41.4. The Morgan fingerprint density at radius 2 is 1.31 bits per heavy atom. The minimum Gasteiger partial charge on any atom is -0.378 e. The van der Waals surface area contributed by atoms with E-state index in [-0.39, 0.29) is 58.5 Å². The zero-order valence-corrected chi connectivity index (χ0v) is 42.2. The first-order chi connectivity index (χ1) is 33.7. The first-order valence-corrected chi connectivity index (χ1v) is 25.0. The van der Waals surface area contributed by atoms with Gasteiger partial charge in [0.25, 0.3) is 11.8 Å². The standard InChI is InChI=1S/C54H71ClN6O9/c1-37-30-49(59-47-15-13-46(55)14-16-47)48-32-42(12-17-50(48)61(37)38(2)62)39-8-10-41(11-9-39)51(63)57-18-20-66-22-24-68-26-28-70-29-27-69-25-23-67-21-19-58-52(64)44-31-43(40-6-7-40)35-60(36-44)53(65)45(34-56)33-54(3,4)5/h8-17,32-33,37,40,43-44,49,59H,6-7,18-31,35-36H2,1-5H3,(H,57,63)(H,58,64)/b45-33+/t37-,43?,44?,49+/m0/s1. The molecule has 6 rings (SSSR count). The van der Waals surface area contributed by atoms with Crippen LogP contribution in [-0.2, 0) is 38.1 Å². The molecular weight excluding hydrogens is 912 g/mol. The van der Waals surface area contributed by atoms with Crippen LogP contribution < -0.4 is 20.9 Å². The molecule has 1 aliphatic carbocycles. The molecule has 0 radical (unpaired) electrons. The van der Waals surface area contributed by atoms with Crippen molar-refractivity contribution in [1.82, 2.24) is 15.5 Å². The van der Waals surface area contributed by atoms with Crippen LogP contribution in [0.3, 0.4) is 0 Å². The highest BCUT2D eigenvalue weighted by Gasteiger charge is 2.41. The van der Waals surface area contributed by atoms with E-state index in [1.54, 1.807) is 17.9 Å². The first-order valence-electron chi connectivity index (χ1n) is 24.6. The lowest BCUT2D eigenvalue weighted by atomic mass is 9.85. The van der Waals surface area contributed by atoms with E-state index < -0.39 is 0 Å². The number of anilines is 2. The number of piperidine rings is 1. The number of fused-ring (bicyclic) bond motifs is 1. The number of hydrogen-bond acceptors (Lipinski definition) is 11. The van der Waals surface area contributed by atoms with E-state index in [1.807, 2.05) is 86.3 Å². The van der Waals surface area contributed by atoms with Gasteiger partial charge in [0.15, 0.2) is 0 Å². The van der Waals surface area contributed by atoms with Gasteiger partial charge in [-0.15, -0.1) is 0 Å². The Labute approximate surface area is 418 Å². The second kappa shape index (κ2) is 26.8. The van der Waals surface area contributed by atoms with Crippen LogP contribution in [0.25, 0.3) is 11.1 Å². The summed E-state index contributed by atoms with van der Waals surface area (Å²) in [5, 5.41) is 19.9. The van der Waals surface area contributed by atoms with Gasteiger partial charge in [0, 0.05) is 61.1 Å². The molecule has 0 spiro atoms. The van der Waals surface area contributed by atoms with Crippen molar-refractivity contribution in [2.45, 2.75) is 72.4 Å². The summed E-state index contributed by atoms with van der Waals surface area (Å²) in [4.78, 5) is 55.5. The summed E-state index contributed by atoms with van der Waals surface area (Å²) >= 11 is 6.12. The van der Waals surface area contributed by atoms with Gasteiger partial charge in [0.05, 0.1) is 78.0 Å². The second-order valence-electron chi connectivity index (χ2n) is 19.4. The maximum Gasteiger partial charge on any atom is 0.264 e. The average Bonchev–Trinajstić information content (AvgIpc) is 4.20. The van der Waals surface area contributed by atoms with Crippen molar-refractivity contribution in [2.75, 3.05) is 102 Å². The van der Waals surface area contributed by atoms with Crippen LogP contribution in [-0.4, -0.2) is 127 Å². The SMILES string of the molecule is CC(=O)N1c2ccc(-c3ccc(C(=O)NCCOCCOCCOCCOCCOCCNC(=O)C4CC(C5CC5)CN(C(=O)/C(C#N)=C/C(C)(C)C)C4)cc3)cc2[C@H](Nc2ccc(Cl)cc2)C[C@@H]1C. The van der Waals surface area contributed by atoms with Crippen molar-refractivity contribution in [3.05, 3.63) is 94.5 Å². The van der Waals surface area contributed by atoms with Crippen LogP contribution in [0.4, 0.5) is 11.4 Å². The van der Waals surface area contributed by atoms with Gasteiger partial charge < -0.3 is 49.4 Å². The lowest BCUT2D eigenvalue weighted by Crippen LogP contribution is -2.49. The predicted octanol–water partition coefficient (Wildman–Crippen LogP) is 7.61. The smallest absolute Gasteiger partial charge is 0.264 e. The molecule has 2 aliphatic heterocycles. The average molecular weight is 984 g/mol. The fourth-order valence-electron chi connectivity index (χ4n) is 9.08. The van der Waals surface area contributed by atoms with E-state index in [9.17, 15) is 24.4 Å². The maximum atomic E-state index is 13.3. The van der Waals surface area contributed by atoms with Crippen molar-refractivity contribution in [2.24, 2.45) is 23.2 Å². The van der Waals surface area contributed by atoms with Crippen LogP contribution in [0, 0.1) is 34.5 Å². The van der Waals surface area contributed by atoms with Gasteiger partial charge in [-0.25, -0.2) is 0 Å². The highest BCUT2D eigenvalue weighted by molar-refractivity contribution is 6.30. The summed E-state index contributed by atoms with van der Waals surface area (Å²) in [5.41, 5.74) is 5.20. The van der Waals surface area contributed by atoms with Crippen molar-refractivity contribution in [3.63, 3.8) is 0 Å². The number of benzene rings is 3. The summed E-state index contributed by atoms with van der Waals surface area (Å²) in [7, 11) is 0. The van der Waals surface area contributed by atoms with E-state index >= 15 is 0 Å². The fourth-order valence-corrected chi connectivity index (χ4v) is 9.21. The minimum atomic E-state index is -0.313. The first kappa shape index (κ1) is 54.0. The number of nitriles is 1. The van der Waals surface area contributed by atoms with Gasteiger partial charge in [-0.2, -0.15) is 5.26 Å². The molecule has 1 saturated heterocycles. The molecule has 2 heterocycles. The number of carbonyl (C=O) groups excluding carboxylic acids is 4. The van der Waals surface area contributed by atoms with Crippen molar-refractivity contribution >= 4 is 46.6 Å². The Morgan fingerprint density at radius 3 is 1.87 bits per heavy atom. The van der Waals surface area contributed by atoms with E-state index in [4.69, 9.17) is 35.3 Å². The number of allylic oxidation sites excluding steroid dienone is 1. The lowest BCUT2D eigenvalue weighted by Gasteiger charge is -2.39. The third kappa shape index (κ3) is 16.6. The topological polar surface area (TPSA) is 181 Å². The van der Waals surface area contributed by atoms with Crippen LogP contribution in [0.15, 0.2) is 78.4 Å². The Kier molecular flexibility index (Phi) is 20.6. The molecule has 2 fully saturated rings. The molecule has 4 amide bonds. The Bertz CT molecular complexity index is 2270. The molecule has 1 saturated carbocycles. The van der Waals surface area contributed by atoms with Gasteiger partial charge in [-0.3, -0.25) is 19.2 Å². The van der Waals surface area contributed by atoms with Gasteiger partial charge in [-0.05, 0) is 115 Å². The molecule has 16 heteroatoms. The van der Waals surface area contributed by atoms with Crippen molar-refractivity contribution in [3.8, 4) is 17.2 Å². The van der Waals surface area contributed by atoms with Crippen LogP contribution in [0.5, 0.6) is 0 Å². The number of carbonyl (C=O) groups is 4. The maximum absolute atomic E-state index is 13.3. The summed E-state index contributed by atoms with van der Waals surface area (Å²) in [6, 6.07) is 23.3. The van der Waals surface area contributed by atoms with E-state index in [1.165, 1.54) is 0 Å². The lowest BCUT2D eigenvalue weighted by molar-refractivity contribution is -0.134. The summed E-state index contributed by atoms with van der Waals surface area (Å²) in [6.07, 6.45) is 5.46. The van der Waals surface area contributed by atoms with Crippen LogP contribution >= 0.6 is 11.6 Å². The minimum absolute atomic E-state index is 0.00434. The van der Waals surface area contributed by atoms with Crippen molar-refractivity contribution in [1.29, 1.82) is 5.26 Å².